The molecule has 1 fully saturated rings. The van der Waals surface area contributed by atoms with Crippen LogP contribution in [0.4, 0.5) is 0 Å². The SMILES string of the molecule is NOCC1(c2cccnc2)CC1. The molecule has 0 radical (unpaired) electrons. The number of aromatic nitrogens is 1. The van der Waals surface area contributed by atoms with Crippen molar-refractivity contribution in [2.75, 3.05) is 6.61 Å². The lowest BCUT2D eigenvalue weighted by molar-refractivity contribution is 0.116. The van der Waals surface area contributed by atoms with Crippen LogP contribution >= 0.6 is 0 Å². The third-order valence-electron chi connectivity index (χ3n) is 2.49. The molecule has 1 aromatic rings. The average Bonchev–Trinajstić information content (AvgIpc) is 2.88. The van der Waals surface area contributed by atoms with Crippen LogP contribution in [0.1, 0.15) is 18.4 Å². The first-order valence-electron chi connectivity index (χ1n) is 4.10. The highest BCUT2D eigenvalue weighted by Gasteiger charge is 2.44. The van der Waals surface area contributed by atoms with Crippen molar-refractivity contribution in [1.82, 2.24) is 4.98 Å². The molecule has 0 unspecified atom stereocenters. The highest BCUT2D eigenvalue weighted by atomic mass is 16.6. The van der Waals surface area contributed by atoms with E-state index in [9.17, 15) is 0 Å². The summed E-state index contributed by atoms with van der Waals surface area (Å²) >= 11 is 0. The molecule has 1 aliphatic rings. The van der Waals surface area contributed by atoms with Crippen molar-refractivity contribution in [3.63, 3.8) is 0 Å². The van der Waals surface area contributed by atoms with Gasteiger partial charge in [0.15, 0.2) is 0 Å². The normalized spacial score (nSPS) is 19.1. The quantitative estimate of drug-likeness (QED) is 0.678. The molecule has 3 heteroatoms. The van der Waals surface area contributed by atoms with E-state index < -0.39 is 0 Å². The summed E-state index contributed by atoms with van der Waals surface area (Å²) in [6, 6.07) is 4.03. The maximum Gasteiger partial charge on any atom is 0.0776 e. The van der Waals surface area contributed by atoms with E-state index in [0.717, 1.165) is 12.8 Å². The van der Waals surface area contributed by atoms with Crippen molar-refractivity contribution in [3.8, 4) is 0 Å². The minimum Gasteiger partial charge on any atom is -0.304 e. The van der Waals surface area contributed by atoms with Crippen LogP contribution in [0.2, 0.25) is 0 Å². The molecule has 1 heterocycles. The molecule has 0 aromatic carbocycles. The highest BCUT2D eigenvalue weighted by Crippen LogP contribution is 2.47. The number of hydrogen-bond acceptors (Lipinski definition) is 3. The maximum atomic E-state index is 5.07. The Morgan fingerprint density at radius 2 is 2.42 bits per heavy atom. The summed E-state index contributed by atoms with van der Waals surface area (Å²) in [7, 11) is 0. The van der Waals surface area contributed by atoms with E-state index in [-0.39, 0.29) is 5.41 Å². The lowest BCUT2D eigenvalue weighted by Crippen LogP contribution is -2.18. The Bertz CT molecular complexity index is 256. The summed E-state index contributed by atoms with van der Waals surface area (Å²) in [6.07, 6.45) is 6.00. The predicted molar refractivity (Wildman–Crippen MR) is 45.3 cm³/mol. The first-order valence-corrected chi connectivity index (χ1v) is 4.10. The molecule has 1 aliphatic carbocycles. The van der Waals surface area contributed by atoms with E-state index >= 15 is 0 Å². The minimum absolute atomic E-state index is 0.184. The molecule has 0 aliphatic heterocycles. The van der Waals surface area contributed by atoms with Gasteiger partial charge in [-0.1, -0.05) is 6.07 Å². The number of hydrogen-bond donors (Lipinski definition) is 1. The topological polar surface area (TPSA) is 48.1 Å². The maximum absolute atomic E-state index is 5.07. The van der Waals surface area contributed by atoms with E-state index in [0.29, 0.717) is 6.61 Å². The number of nitrogens with two attached hydrogens (primary N) is 1. The third kappa shape index (κ3) is 1.21. The first-order chi connectivity index (χ1) is 5.87. The van der Waals surface area contributed by atoms with Gasteiger partial charge in [-0.2, -0.15) is 0 Å². The van der Waals surface area contributed by atoms with Crippen molar-refractivity contribution in [2.24, 2.45) is 5.90 Å². The van der Waals surface area contributed by atoms with Crippen LogP contribution < -0.4 is 5.90 Å². The van der Waals surface area contributed by atoms with Crippen molar-refractivity contribution >= 4 is 0 Å². The molecule has 2 N–H and O–H groups in total. The van der Waals surface area contributed by atoms with Gasteiger partial charge in [0.2, 0.25) is 0 Å². The van der Waals surface area contributed by atoms with Gasteiger partial charge in [0.1, 0.15) is 0 Å². The summed E-state index contributed by atoms with van der Waals surface area (Å²) in [6.45, 7) is 0.610. The summed E-state index contributed by atoms with van der Waals surface area (Å²) in [4.78, 5) is 8.77. The Morgan fingerprint density at radius 3 is 2.92 bits per heavy atom. The van der Waals surface area contributed by atoms with Gasteiger partial charge >= 0.3 is 0 Å². The monoisotopic (exact) mass is 164 g/mol. The second-order valence-electron chi connectivity index (χ2n) is 3.33. The molecule has 0 amide bonds. The van der Waals surface area contributed by atoms with Crippen molar-refractivity contribution in [3.05, 3.63) is 30.1 Å². The molecule has 64 valence electrons. The van der Waals surface area contributed by atoms with E-state index in [4.69, 9.17) is 10.7 Å². The fourth-order valence-corrected chi connectivity index (χ4v) is 1.50. The molecule has 0 bridgehead atoms. The second-order valence-corrected chi connectivity index (χ2v) is 3.33. The fourth-order valence-electron chi connectivity index (χ4n) is 1.50. The summed E-state index contributed by atoms with van der Waals surface area (Å²) in [5.41, 5.74) is 1.43. The van der Waals surface area contributed by atoms with Gasteiger partial charge in [0.05, 0.1) is 6.61 Å². The highest BCUT2D eigenvalue weighted by molar-refractivity contribution is 5.28. The van der Waals surface area contributed by atoms with Crippen molar-refractivity contribution in [1.29, 1.82) is 0 Å². The smallest absolute Gasteiger partial charge is 0.0776 e. The van der Waals surface area contributed by atoms with Gasteiger partial charge in [-0.3, -0.25) is 4.98 Å². The Labute approximate surface area is 71.5 Å². The number of rotatable bonds is 3. The molecule has 0 saturated heterocycles. The van der Waals surface area contributed by atoms with Crippen LogP contribution in [0.5, 0.6) is 0 Å². The van der Waals surface area contributed by atoms with Crippen LogP contribution in [-0.2, 0) is 10.3 Å². The summed E-state index contributed by atoms with van der Waals surface area (Å²) < 4.78 is 0. The third-order valence-corrected chi connectivity index (χ3v) is 2.49. The van der Waals surface area contributed by atoms with Gasteiger partial charge < -0.3 is 4.84 Å². The minimum atomic E-state index is 0.184. The van der Waals surface area contributed by atoms with Crippen molar-refractivity contribution in [2.45, 2.75) is 18.3 Å². The molecule has 3 nitrogen and oxygen atoms in total. The first kappa shape index (κ1) is 7.71. The standard InChI is InChI=1S/C9H12N2O/c10-12-7-9(3-4-9)8-2-1-5-11-6-8/h1-2,5-6H,3-4,7,10H2. The van der Waals surface area contributed by atoms with Gasteiger partial charge in [-0.25, -0.2) is 5.90 Å². The van der Waals surface area contributed by atoms with Crippen molar-refractivity contribution < 1.29 is 4.84 Å². The Hall–Kier alpha value is -0.930. The Kier molecular flexibility index (Phi) is 1.83. The zero-order chi connectivity index (χ0) is 8.44. The lowest BCUT2D eigenvalue weighted by atomic mass is 9.99. The van der Waals surface area contributed by atoms with E-state index in [2.05, 4.69) is 11.1 Å². The molecule has 12 heavy (non-hydrogen) atoms. The molecular weight excluding hydrogens is 152 g/mol. The Morgan fingerprint density at radius 1 is 1.58 bits per heavy atom. The number of nitrogens with zero attached hydrogens (tertiary/aromatic N) is 1. The molecular formula is C9H12N2O. The fraction of sp³-hybridized carbons (Fsp3) is 0.444. The average molecular weight is 164 g/mol. The second kappa shape index (κ2) is 2.84. The molecule has 1 saturated carbocycles. The number of pyridine rings is 1. The van der Waals surface area contributed by atoms with Crippen LogP contribution in [0, 0.1) is 0 Å². The van der Waals surface area contributed by atoms with Gasteiger partial charge in [0.25, 0.3) is 0 Å². The molecule has 0 atom stereocenters. The van der Waals surface area contributed by atoms with Crippen LogP contribution in [0.3, 0.4) is 0 Å². The zero-order valence-corrected chi connectivity index (χ0v) is 6.86. The van der Waals surface area contributed by atoms with Crippen LogP contribution in [0.25, 0.3) is 0 Å². The van der Waals surface area contributed by atoms with E-state index in [1.807, 2.05) is 12.3 Å². The van der Waals surface area contributed by atoms with E-state index in [1.54, 1.807) is 6.20 Å². The molecule has 1 aromatic heterocycles. The zero-order valence-electron chi connectivity index (χ0n) is 6.86. The Balaban J connectivity index is 2.19. The summed E-state index contributed by atoms with van der Waals surface area (Å²) in [5, 5.41) is 0. The molecule has 2 rings (SSSR count). The molecule has 0 spiro atoms. The largest absolute Gasteiger partial charge is 0.304 e. The van der Waals surface area contributed by atoms with E-state index in [1.165, 1.54) is 5.56 Å². The van der Waals surface area contributed by atoms with Gasteiger partial charge in [-0.15, -0.1) is 0 Å². The van der Waals surface area contributed by atoms with Crippen LogP contribution in [0.15, 0.2) is 24.5 Å². The van der Waals surface area contributed by atoms with Crippen LogP contribution in [-0.4, -0.2) is 11.6 Å². The van der Waals surface area contributed by atoms with Gasteiger partial charge in [-0.05, 0) is 24.5 Å². The predicted octanol–water partition coefficient (Wildman–Crippen LogP) is 1.00. The van der Waals surface area contributed by atoms with Gasteiger partial charge in [0, 0.05) is 17.8 Å². The summed E-state index contributed by atoms with van der Waals surface area (Å²) in [5.74, 6) is 5.07. The lowest BCUT2D eigenvalue weighted by Gasteiger charge is -2.12.